The molecule has 0 aliphatic carbocycles. The lowest BCUT2D eigenvalue weighted by Crippen LogP contribution is -2.03. The number of hydrogen-bond acceptors (Lipinski definition) is 3. The van der Waals surface area contributed by atoms with Gasteiger partial charge >= 0.3 is 5.97 Å². The molecule has 2 heterocycles. The maximum atomic E-state index is 13.9. The minimum Gasteiger partial charge on any atom is -0.478 e. The van der Waals surface area contributed by atoms with Crippen LogP contribution in [-0.2, 0) is 6.54 Å². The third-order valence-corrected chi connectivity index (χ3v) is 3.29. The van der Waals surface area contributed by atoms with Gasteiger partial charge in [-0.05, 0) is 25.1 Å². The first-order valence-corrected chi connectivity index (χ1v) is 6.46. The molecule has 0 fully saturated rings. The summed E-state index contributed by atoms with van der Waals surface area (Å²) in [6, 6.07) is 7.53. The van der Waals surface area contributed by atoms with E-state index < -0.39 is 11.8 Å². The van der Waals surface area contributed by atoms with E-state index in [9.17, 15) is 14.3 Å². The molecule has 0 spiro atoms. The highest BCUT2D eigenvalue weighted by molar-refractivity contribution is 6.02. The van der Waals surface area contributed by atoms with Crippen molar-refractivity contribution in [2.24, 2.45) is 0 Å². The molecule has 0 aliphatic rings. The Labute approximate surface area is 119 Å². The van der Waals surface area contributed by atoms with Crippen molar-refractivity contribution in [1.82, 2.24) is 14.8 Å². The minimum absolute atomic E-state index is 0.0675. The van der Waals surface area contributed by atoms with E-state index in [4.69, 9.17) is 0 Å². The summed E-state index contributed by atoms with van der Waals surface area (Å²) in [6.07, 6.45) is 1.47. The van der Waals surface area contributed by atoms with E-state index in [1.54, 1.807) is 22.9 Å². The Bertz CT molecular complexity index is 842. The molecule has 0 amide bonds. The van der Waals surface area contributed by atoms with E-state index in [-0.39, 0.29) is 16.8 Å². The zero-order valence-corrected chi connectivity index (χ0v) is 11.2. The first-order chi connectivity index (χ1) is 10.1. The van der Waals surface area contributed by atoms with E-state index in [1.165, 1.54) is 18.3 Å². The number of carbonyl (C=O) groups is 1. The maximum absolute atomic E-state index is 13.9. The Morgan fingerprint density at radius 3 is 2.81 bits per heavy atom. The second kappa shape index (κ2) is 4.97. The molecular weight excluding hydrogens is 273 g/mol. The largest absolute Gasteiger partial charge is 0.478 e. The van der Waals surface area contributed by atoms with Gasteiger partial charge in [-0.2, -0.15) is 5.10 Å². The molecule has 3 rings (SSSR count). The van der Waals surface area contributed by atoms with Crippen molar-refractivity contribution in [3.63, 3.8) is 0 Å². The van der Waals surface area contributed by atoms with Crippen LogP contribution in [0.25, 0.3) is 22.3 Å². The number of aromatic nitrogens is 3. The maximum Gasteiger partial charge on any atom is 0.336 e. The van der Waals surface area contributed by atoms with E-state index in [0.717, 1.165) is 0 Å². The summed E-state index contributed by atoms with van der Waals surface area (Å²) in [7, 11) is 0. The monoisotopic (exact) mass is 285 g/mol. The molecule has 1 aromatic carbocycles. The molecule has 5 nitrogen and oxygen atoms in total. The van der Waals surface area contributed by atoms with Gasteiger partial charge in [0.25, 0.3) is 0 Å². The molecule has 0 saturated carbocycles. The summed E-state index contributed by atoms with van der Waals surface area (Å²) in [4.78, 5) is 15.8. The summed E-state index contributed by atoms with van der Waals surface area (Å²) in [5, 5.41) is 13.9. The molecule has 0 bridgehead atoms. The molecule has 0 radical (unpaired) electrons. The van der Waals surface area contributed by atoms with Crippen LogP contribution in [-0.4, -0.2) is 25.8 Å². The van der Waals surface area contributed by atoms with E-state index in [0.29, 0.717) is 17.6 Å². The first kappa shape index (κ1) is 13.2. The number of pyridine rings is 1. The highest BCUT2D eigenvalue weighted by Crippen LogP contribution is 2.26. The van der Waals surface area contributed by atoms with Crippen molar-refractivity contribution in [3.05, 3.63) is 47.9 Å². The average Bonchev–Trinajstić information content (AvgIpc) is 2.89. The zero-order chi connectivity index (χ0) is 15.0. The standard InChI is InChI=1S/C15H12FN3O2/c1-2-19-14-11(8-17-19)10(15(20)21)7-13(18-14)9-5-3-4-6-12(9)16/h3-8H,2H2,1H3,(H,20,21). The van der Waals surface area contributed by atoms with Crippen molar-refractivity contribution in [2.45, 2.75) is 13.5 Å². The topological polar surface area (TPSA) is 68.0 Å². The van der Waals surface area contributed by atoms with Crippen molar-refractivity contribution in [3.8, 4) is 11.3 Å². The lowest BCUT2D eigenvalue weighted by Gasteiger charge is -2.06. The molecule has 1 N–H and O–H groups in total. The van der Waals surface area contributed by atoms with E-state index in [2.05, 4.69) is 10.1 Å². The van der Waals surface area contributed by atoms with Crippen LogP contribution >= 0.6 is 0 Å². The van der Waals surface area contributed by atoms with Crippen LogP contribution in [0.4, 0.5) is 4.39 Å². The van der Waals surface area contributed by atoms with Gasteiger partial charge in [0.15, 0.2) is 5.65 Å². The summed E-state index contributed by atoms with van der Waals surface area (Å²) in [5.41, 5.74) is 1.06. The predicted octanol–water partition coefficient (Wildman–Crippen LogP) is 2.96. The SMILES string of the molecule is CCn1ncc2c(C(=O)O)cc(-c3ccccc3F)nc21. The van der Waals surface area contributed by atoms with Gasteiger partial charge in [0.05, 0.1) is 22.8 Å². The third-order valence-electron chi connectivity index (χ3n) is 3.29. The summed E-state index contributed by atoms with van der Waals surface area (Å²) in [5.74, 6) is -1.53. The van der Waals surface area contributed by atoms with Gasteiger partial charge in [-0.3, -0.25) is 0 Å². The quantitative estimate of drug-likeness (QED) is 0.803. The lowest BCUT2D eigenvalue weighted by atomic mass is 10.1. The van der Waals surface area contributed by atoms with Crippen LogP contribution in [0.3, 0.4) is 0 Å². The number of fused-ring (bicyclic) bond motifs is 1. The van der Waals surface area contributed by atoms with Gasteiger partial charge in [0.2, 0.25) is 0 Å². The van der Waals surface area contributed by atoms with Crippen molar-refractivity contribution in [1.29, 1.82) is 0 Å². The van der Waals surface area contributed by atoms with E-state index >= 15 is 0 Å². The molecule has 6 heteroatoms. The number of carboxylic acid groups (broad SMARTS) is 1. The van der Waals surface area contributed by atoms with Crippen LogP contribution in [0.2, 0.25) is 0 Å². The minimum atomic E-state index is -1.09. The number of nitrogens with zero attached hydrogens (tertiary/aromatic N) is 3. The smallest absolute Gasteiger partial charge is 0.336 e. The summed E-state index contributed by atoms with van der Waals surface area (Å²) >= 11 is 0. The zero-order valence-electron chi connectivity index (χ0n) is 11.2. The van der Waals surface area contributed by atoms with Crippen LogP contribution in [0.15, 0.2) is 36.5 Å². The average molecular weight is 285 g/mol. The fraction of sp³-hybridized carbons (Fsp3) is 0.133. The van der Waals surface area contributed by atoms with Gasteiger partial charge in [-0.15, -0.1) is 0 Å². The number of benzene rings is 1. The number of halogens is 1. The highest BCUT2D eigenvalue weighted by atomic mass is 19.1. The Kier molecular flexibility index (Phi) is 3.13. The van der Waals surface area contributed by atoms with Crippen LogP contribution in [0.5, 0.6) is 0 Å². The van der Waals surface area contributed by atoms with Crippen LogP contribution in [0, 0.1) is 5.82 Å². The second-order valence-electron chi connectivity index (χ2n) is 4.54. The van der Waals surface area contributed by atoms with Crippen molar-refractivity contribution < 1.29 is 14.3 Å². The van der Waals surface area contributed by atoms with Gasteiger partial charge in [0, 0.05) is 12.1 Å². The molecule has 0 unspecified atom stereocenters. The normalized spacial score (nSPS) is 11.0. The Hall–Kier alpha value is -2.76. The molecular formula is C15H12FN3O2. The fourth-order valence-electron chi connectivity index (χ4n) is 2.26. The Morgan fingerprint density at radius 1 is 1.38 bits per heavy atom. The molecule has 3 aromatic rings. The molecule has 106 valence electrons. The fourth-order valence-corrected chi connectivity index (χ4v) is 2.26. The van der Waals surface area contributed by atoms with Crippen LogP contribution < -0.4 is 0 Å². The molecule has 2 aromatic heterocycles. The Morgan fingerprint density at radius 2 is 2.14 bits per heavy atom. The van der Waals surface area contributed by atoms with Crippen molar-refractivity contribution in [2.75, 3.05) is 0 Å². The van der Waals surface area contributed by atoms with Gasteiger partial charge < -0.3 is 5.11 Å². The molecule has 0 aliphatic heterocycles. The molecule has 21 heavy (non-hydrogen) atoms. The number of hydrogen-bond donors (Lipinski definition) is 1. The molecule has 0 saturated heterocycles. The summed E-state index contributed by atoms with van der Waals surface area (Å²) in [6.45, 7) is 2.43. The lowest BCUT2D eigenvalue weighted by molar-refractivity contribution is 0.0699. The highest BCUT2D eigenvalue weighted by Gasteiger charge is 2.17. The number of carboxylic acids is 1. The van der Waals surface area contributed by atoms with Gasteiger partial charge in [-0.25, -0.2) is 18.9 Å². The predicted molar refractivity (Wildman–Crippen MR) is 75.6 cm³/mol. The van der Waals surface area contributed by atoms with Gasteiger partial charge in [-0.1, -0.05) is 12.1 Å². The van der Waals surface area contributed by atoms with Crippen LogP contribution in [0.1, 0.15) is 17.3 Å². The first-order valence-electron chi connectivity index (χ1n) is 6.46. The number of rotatable bonds is 3. The molecule has 0 atom stereocenters. The van der Waals surface area contributed by atoms with E-state index in [1.807, 2.05) is 6.92 Å². The number of aryl methyl sites for hydroxylation is 1. The second-order valence-corrected chi connectivity index (χ2v) is 4.54. The van der Waals surface area contributed by atoms with Crippen molar-refractivity contribution >= 4 is 17.0 Å². The Balaban J connectivity index is 2.34. The number of aromatic carboxylic acids is 1. The van der Waals surface area contributed by atoms with Gasteiger partial charge in [0.1, 0.15) is 5.82 Å². The third kappa shape index (κ3) is 2.14. The summed E-state index contributed by atoms with van der Waals surface area (Å²) < 4.78 is 15.5.